The van der Waals surface area contributed by atoms with Gasteiger partial charge in [-0.15, -0.1) is 0 Å². The SMILES string of the molecule is c1ccc2c(-c3ccc(-c4ccc(-c5cnco5)nc4)c4ccccc34)ccc(-c3ccc(-c4cnco4)nc3)c2c1. The molecule has 6 nitrogen and oxygen atoms in total. The molecule has 0 saturated carbocycles. The van der Waals surface area contributed by atoms with Gasteiger partial charge in [0.2, 0.25) is 0 Å². The Labute approximate surface area is 241 Å². The van der Waals surface area contributed by atoms with Gasteiger partial charge in [-0.2, -0.15) is 0 Å². The Morgan fingerprint density at radius 1 is 0.381 bits per heavy atom. The number of nitrogens with zero attached hydrogens (tertiary/aromatic N) is 4. The second kappa shape index (κ2) is 9.94. The lowest BCUT2D eigenvalue weighted by molar-refractivity contribution is 0.569. The summed E-state index contributed by atoms with van der Waals surface area (Å²) in [4.78, 5) is 17.3. The van der Waals surface area contributed by atoms with Crippen LogP contribution >= 0.6 is 0 Å². The van der Waals surface area contributed by atoms with Gasteiger partial charge in [0.1, 0.15) is 11.4 Å². The summed E-state index contributed by atoms with van der Waals surface area (Å²) in [5, 5.41) is 4.71. The fraction of sp³-hybridized carbons (Fsp3) is 0. The van der Waals surface area contributed by atoms with Crippen LogP contribution in [0.15, 0.2) is 143 Å². The number of benzene rings is 4. The molecule has 0 radical (unpaired) electrons. The van der Waals surface area contributed by atoms with E-state index in [1.165, 1.54) is 45.5 Å². The van der Waals surface area contributed by atoms with E-state index in [4.69, 9.17) is 8.83 Å². The zero-order chi connectivity index (χ0) is 27.9. The predicted octanol–water partition coefficient (Wildman–Crippen LogP) is 9.09. The van der Waals surface area contributed by atoms with Gasteiger partial charge < -0.3 is 8.83 Å². The molecule has 0 amide bonds. The highest BCUT2D eigenvalue weighted by atomic mass is 16.3. The molecule has 0 fully saturated rings. The molecule has 0 bridgehead atoms. The molecule has 0 saturated heterocycles. The number of hydrogen-bond acceptors (Lipinski definition) is 6. The third-order valence-corrected chi connectivity index (χ3v) is 7.66. The van der Waals surface area contributed by atoms with E-state index in [1.807, 2.05) is 24.5 Å². The maximum atomic E-state index is 5.41. The first kappa shape index (κ1) is 24.0. The molecular formula is C36H22N4O2. The quantitative estimate of drug-likeness (QED) is 0.216. The third kappa shape index (κ3) is 4.05. The van der Waals surface area contributed by atoms with Crippen LogP contribution in [0.25, 0.3) is 77.8 Å². The maximum Gasteiger partial charge on any atom is 0.181 e. The van der Waals surface area contributed by atoms with E-state index in [-0.39, 0.29) is 0 Å². The average Bonchev–Trinajstić information content (AvgIpc) is 3.80. The summed E-state index contributed by atoms with van der Waals surface area (Å²) in [5.74, 6) is 1.30. The molecule has 0 aliphatic heterocycles. The van der Waals surface area contributed by atoms with Gasteiger partial charge in [-0.3, -0.25) is 9.97 Å². The molecule has 0 atom stereocenters. The third-order valence-electron chi connectivity index (χ3n) is 7.66. The number of aromatic nitrogens is 4. The van der Waals surface area contributed by atoms with E-state index in [9.17, 15) is 0 Å². The Bertz CT molecular complexity index is 2010. The average molecular weight is 543 g/mol. The second-order valence-corrected chi connectivity index (χ2v) is 10.0. The van der Waals surface area contributed by atoms with Crippen LogP contribution in [0.5, 0.6) is 0 Å². The van der Waals surface area contributed by atoms with E-state index >= 15 is 0 Å². The van der Waals surface area contributed by atoms with Crippen molar-refractivity contribution in [3.63, 3.8) is 0 Å². The zero-order valence-corrected chi connectivity index (χ0v) is 22.3. The summed E-state index contributed by atoms with van der Waals surface area (Å²) in [6, 6.07) is 34.0. The van der Waals surface area contributed by atoms with Gasteiger partial charge >= 0.3 is 0 Å². The van der Waals surface area contributed by atoms with Crippen LogP contribution in [-0.4, -0.2) is 19.9 Å². The van der Waals surface area contributed by atoms with E-state index in [0.717, 1.165) is 33.6 Å². The largest absolute Gasteiger partial charge is 0.442 e. The molecule has 4 aromatic carbocycles. The van der Waals surface area contributed by atoms with Crippen LogP contribution in [0.3, 0.4) is 0 Å². The van der Waals surface area contributed by atoms with E-state index in [1.54, 1.807) is 12.4 Å². The van der Waals surface area contributed by atoms with Crippen molar-refractivity contribution in [3.8, 4) is 56.3 Å². The number of fused-ring (bicyclic) bond motifs is 2. The summed E-state index contributed by atoms with van der Waals surface area (Å²) in [7, 11) is 0. The summed E-state index contributed by atoms with van der Waals surface area (Å²) in [5.41, 5.74) is 8.22. The molecule has 6 heteroatoms. The highest BCUT2D eigenvalue weighted by Crippen LogP contribution is 2.41. The fourth-order valence-corrected chi connectivity index (χ4v) is 5.65. The number of pyridine rings is 2. The van der Waals surface area contributed by atoms with Crippen molar-refractivity contribution >= 4 is 21.5 Å². The van der Waals surface area contributed by atoms with Crippen molar-refractivity contribution in [1.29, 1.82) is 0 Å². The van der Waals surface area contributed by atoms with Crippen molar-refractivity contribution in [2.24, 2.45) is 0 Å². The molecule has 4 heterocycles. The van der Waals surface area contributed by atoms with Gasteiger partial charge in [0.15, 0.2) is 24.3 Å². The highest BCUT2D eigenvalue weighted by molar-refractivity contribution is 6.12. The molecular weight excluding hydrogens is 520 g/mol. The van der Waals surface area contributed by atoms with E-state index in [0.29, 0.717) is 11.5 Å². The Morgan fingerprint density at radius 2 is 0.786 bits per heavy atom. The van der Waals surface area contributed by atoms with Crippen molar-refractivity contribution in [2.45, 2.75) is 0 Å². The zero-order valence-electron chi connectivity index (χ0n) is 22.3. The number of hydrogen-bond donors (Lipinski definition) is 0. The van der Waals surface area contributed by atoms with E-state index in [2.05, 4.69) is 105 Å². The molecule has 198 valence electrons. The summed E-state index contributed by atoms with van der Waals surface area (Å²) >= 11 is 0. The molecule has 0 aliphatic rings. The molecule has 42 heavy (non-hydrogen) atoms. The van der Waals surface area contributed by atoms with Crippen molar-refractivity contribution < 1.29 is 8.83 Å². The number of oxazole rings is 2. The van der Waals surface area contributed by atoms with Gasteiger partial charge in [-0.05, 0) is 55.9 Å². The Hall–Kier alpha value is -5.88. The normalized spacial score (nSPS) is 11.3. The van der Waals surface area contributed by atoms with Gasteiger partial charge in [0.25, 0.3) is 0 Å². The molecule has 0 aliphatic carbocycles. The Kier molecular flexibility index (Phi) is 5.67. The van der Waals surface area contributed by atoms with Crippen LogP contribution in [0.1, 0.15) is 0 Å². The van der Waals surface area contributed by atoms with Crippen LogP contribution in [-0.2, 0) is 0 Å². The molecule has 8 rings (SSSR count). The number of rotatable bonds is 5. The first-order valence-corrected chi connectivity index (χ1v) is 13.6. The lowest BCUT2D eigenvalue weighted by atomic mass is 9.88. The van der Waals surface area contributed by atoms with E-state index < -0.39 is 0 Å². The molecule has 0 N–H and O–H groups in total. The lowest BCUT2D eigenvalue weighted by Crippen LogP contribution is -1.90. The maximum absolute atomic E-state index is 5.41. The van der Waals surface area contributed by atoms with Crippen molar-refractivity contribution in [2.75, 3.05) is 0 Å². The molecule has 0 unspecified atom stereocenters. The summed E-state index contributed by atoms with van der Waals surface area (Å²) < 4.78 is 10.8. The van der Waals surface area contributed by atoms with Crippen molar-refractivity contribution in [3.05, 3.63) is 135 Å². The summed E-state index contributed by atoms with van der Waals surface area (Å²) in [6.45, 7) is 0. The minimum atomic E-state index is 0.652. The van der Waals surface area contributed by atoms with Crippen molar-refractivity contribution in [1.82, 2.24) is 19.9 Å². The van der Waals surface area contributed by atoms with Crippen LogP contribution < -0.4 is 0 Å². The van der Waals surface area contributed by atoms with Crippen LogP contribution in [0.2, 0.25) is 0 Å². The fourth-order valence-electron chi connectivity index (χ4n) is 5.65. The molecule has 8 aromatic rings. The van der Waals surface area contributed by atoms with Crippen LogP contribution in [0, 0.1) is 0 Å². The topological polar surface area (TPSA) is 77.8 Å². The van der Waals surface area contributed by atoms with Crippen LogP contribution in [0.4, 0.5) is 0 Å². The standard InChI is InChI=1S/C36H22N4O2/c1-3-7-29-27(5-1)25(23-9-15-33(39-17-23)35-19-37-21-41-35)11-13-31(29)32-14-12-26(28-6-2-4-8-30(28)32)24-10-16-34(40-18-24)36-20-38-22-42-36/h1-22H. The minimum absolute atomic E-state index is 0.652. The monoisotopic (exact) mass is 542 g/mol. The molecule has 0 spiro atoms. The second-order valence-electron chi connectivity index (χ2n) is 10.0. The first-order valence-electron chi connectivity index (χ1n) is 13.6. The lowest BCUT2D eigenvalue weighted by Gasteiger charge is -2.16. The molecule has 4 aromatic heterocycles. The predicted molar refractivity (Wildman–Crippen MR) is 164 cm³/mol. The highest BCUT2D eigenvalue weighted by Gasteiger charge is 2.15. The van der Waals surface area contributed by atoms with Gasteiger partial charge in [0.05, 0.1) is 12.4 Å². The van der Waals surface area contributed by atoms with Gasteiger partial charge in [-0.1, -0.05) is 84.9 Å². The van der Waals surface area contributed by atoms with Gasteiger partial charge in [-0.25, -0.2) is 9.97 Å². The minimum Gasteiger partial charge on any atom is -0.442 e. The Balaban J connectivity index is 1.23. The van der Waals surface area contributed by atoms with Gasteiger partial charge in [0, 0.05) is 23.5 Å². The first-order chi connectivity index (χ1) is 20.8. The Morgan fingerprint density at radius 3 is 1.14 bits per heavy atom. The smallest absolute Gasteiger partial charge is 0.181 e. The summed E-state index contributed by atoms with van der Waals surface area (Å²) in [6.07, 6.45) is 9.97.